The molecule has 0 saturated carbocycles. The normalized spacial score (nSPS) is 26.1. The summed E-state index contributed by atoms with van der Waals surface area (Å²) in [6.45, 7) is 6.42. The fourth-order valence-electron chi connectivity index (χ4n) is 2.82. The smallest absolute Gasteiger partial charge is 0.383 e. The third-order valence-electron chi connectivity index (χ3n) is 3.69. The molecule has 1 aromatic heterocycles. The van der Waals surface area contributed by atoms with Crippen LogP contribution in [0.3, 0.4) is 0 Å². The van der Waals surface area contributed by atoms with Crippen LogP contribution in [0.4, 0.5) is 5.82 Å². The van der Waals surface area contributed by atoms with Crippen LogP contribution >= 0.6 is 7.82 Å². The molecule has 27 heavy (non-hydrogen) atoms. The fourth-order valence-corrected chi connectivity index (χ4v) is 4.02. The lowest BCUT2D eigenvalue weighted by Gasteiger charge is -2.29. The number of hydrogen-bond donors (Lipinski definition) is 4. The maximum Gasteiger partial charge on any atom is 0.474 e. The Morgan fingerprint density at radius 1 is 1.41 bits per heavy atom. The minimum atomic E-state index is -4.47. The Kier molecular flexibility index (Phi) is 6.18. The number of anilines is 1. The first-order chi connectivity index (χ1) is 12.2. The average Bonchev–Trinajstić information content (AvgIpc) is 2.75. The zero-order chi connectivity index (χ0) is 20.6. The number of hydrogen-bond acceptors (Lipinski definition) is 9. The lowest BCUT2D eigenvalue weighted by molar-refractivity contribution is -0.0375. The summed E-state index contributed by atoms with van der Waals surface area (Å²) >= 11 is 0. The predicted octanol–water partition coefficient (Wildman–Crippen LogP) is 0.437. The van der Waals surface area contributed by atoms with E-state index in [0.29, 0.717) is 6.42 Å². The van der Waals surface area contributed by atoms with Crippen molar-refractivity contribution in [3.05, 3.63) is 22.7 Å². The van der Waals surface area contributed by atoms with Crippen molar-refractivity contribution in [2.75, 3.05) is 5.73 Å². The summed E-state index contributed by atoms with van der Waals surface area (Å²) in [4.78, 5) is 25.8. The molecule has 11 nitrogen and oxygen atoms in total. The lowest BCUT2D eigenvalue weighted by atomic mass is 9.95. The molecule has 2 heterocycles. The van der Waals surface area contributed by atoms with Gasteiger partial charge in [0.25, 0.3) is 0 Å². The van der Waals surface area contributed by atoms with E-state index in [-0.39, 0.29) is 12.2 Å². The maximum atomic E-state index is 12.3. The maximum absolute atomic E-state index is 12.3. The highest BCUT2D eigenvalue weighted by atomic mass is 31.2. The van der Waals surface area contributed by atoms with Gasteiger partial charge in [-0.15, -0.1) is 0 Å². The Labute approximate surface area is 157 Å². The summed E-state index contributed by atoms with van der Waals surface area (Å²) in [7, 11) is -4.47. The summed E-state index contributed by atoms with van der Waals surface area (Å²) in [6, 6.07) is 1.46. The molecule has 0 aliphatic carbocycles. The molecule has 2 rings (SSSR count). The van der Waals surface area contributed by atoms with Crippen molar-refractivity contribution in [2.24, 2.45) is 11.5 Å². The second-order valence-electron chi connectivity index (χ2n) is 7.91. The monoisotopic (exact) mass is 405 g/mol. The predicted molar refractivity (Wildman–Crippen MR) is 98.4 cm³/mol. The van der Waals surface area contributed by atoms with Crippen LogP contribution in [-0.4, -0.2) is 37.9 Å². The van der Waals surface area contributed by atoms with Crippen molar-refractivity contribution >= 4 is 13.6 Å². The van der Waals surface area contributed by atoms with E-state index < -0.39 is 43.2 Å². The molecule has 0 amide bonds. The van der Waals surface area contributed by atoms with Crippen LogP contribution in [0.25, 0.3) is 0 Å². The van der Waals surface area contributed by atoms with Gasteiger partial charge in [-0.2, -0.15) is 4.98 Å². The summed E-state index contributed by atoms with van der Waals surface area (Å²) in [5.74, 6) is 0.0834. The van der Waals surface area contributed by atoms with Gasteiger partial charge in [0.05, 0.1) is 6.10 Å². The Morgan fingerprint density at radius 3 is 2.56 bits per heavy atom. The standard InChI is InChI=1S/C15H28N5O6P/c1-14(2,17)8-10-9(25-27(22,23)26-15(3,4)18)7-12(24-10)20-6-5-11(16)19-13(20)21/h5-6,9-10,12H,7-8,17-18H2,1-4H3,(H,22,23)(H2,16,19,21). The van der Waals surface area contributed by atoms with E-state index in [4.69, 9.17) is 31.0 Å². The van der Waals surface area contributed by atoms with E-state index in [2.05, 4.69) is 4.98 Å². The molecule has 0 spiro atoms. The molecule has 154 valence electrons. The van der Waals surface area contributed by atoms with E-state index in [1.807, 2.05) is 0 Å². The second kappa shape index (κ2) is 7.59. The number of aromatic nitrogens is 2. The number of ether oxygens (including phenoxy) is 1. The molecule has 4 atom stereocenters. The zero-order valence-corrected chi connectivity index (χ0v) is 16.8. The van der Waals surface area contributed by atoms with Gasteiger partial charge in [-0.25, -0.2) is 9.36 Å². The van der Waals surface area contributed by atoms with Gasteiger partial charge in [0, 0.05) is 18.2 Å². The highest BCUT2D eigenvalue weighted by Gasteiger charge is 2.44. The number of nitrogens with two attached hydrogens (primary N) is 3. The van der Waals surface area contributed by atoms with Gasteiger partial charge in [-0.05, 0) is 40.2 Å². The van der Waals surface area contributed by atoms with Crippen molar-refractivity contribution in [3.8, 4) is 0 Å². The zero-order valence-electron chi connectivity index (χ0n) is 15.9. The fraction of sp³-hybridized carbons (Fsp3) is 0.733. The van der Waals surface area contributed by atoms with Crippen LogP contribution in [0.1, 0.15) is 46.8 Å². The molecule has 0 bridgehead atoms. The topological polar surface area (TPSA) is 178 Å². The van der Waals surface area contributed by atoms with Crippen LogP contribution in [0.5, 0.6) is 0 Å². The molecule has 7 N–H and O–H groups in total. The number of phosphoric acid groups is 1. The third-order valence-corrected chi connectivity index (χ3v) is 4.93. The largest absolute Gasteiger partial charge is 0.474 e. The lowest BCUT2D eigenvalue weighted by Crippen LogP contribution is -2.40. The Morgan fingerprint density at radius 2 is 2.04 bits per heavy atom. The van der Waals surface area contributed by atoms with Gasteiger partial charge in [-0.3, -0.25) is 13.6 Å². The first kappa shape index (κ1) is 22.0. The highest BCUT2D eigenvalue weighted by molar-refractivity contribution is 7.47. The molecule has 1 aromatic rings. The first-order valence-corrected chi connectivity index (χ1v) is 9.95. The third kappa shape index (κ3) is 6.65. The summed E-state index contributed by atoms with van der Waals surface area (Å²) in [6.07, 6.45) is -0.373. The van der Waals surface area contributed by atoms with E-state index in [1.165, 1.54) is 30.7 Å². The van der Waals surface area contributed by atoms with E-state index >= 15 is 0 Å². The van der Waals surface area contributed by atoms with Crippen molar-refractivity contribution in [3.63, 3.8) is 0 Å². The minimum Gasteiger partial charge on any atom is -0.383 e. The van der Waals surface area contributed by atoms with E-state index in [9.17, 15) is 14.3 Å². The van der Waals surface area contributed by atoms with E-state index in [0.717, 1.165) is 0 Å². The molecule has 4 unspecified atom stereocenters. The van der Waals surface area contributed by atoms with Gasteiger partial charge in [0.2, 0.25) is 0 Å². The van der Waals surface area contributed by atoms with E-state index in [1.54, 1.807) is 13.8 Å². The first-order valence-electron chi connectivity index (χ1n) is 8.45. The second-order valence-corrected chi connectivity index (χ2v) is 9.24. The highest BCUT2D eigenvalue weighted by Crippen LogP contribution is 2.50. The van der Waals surface area contributed by atoms with Gasteiger partial charge in [0.15, 0.2) is 0 Å². The molecule has 1 saturated heterocycles. The van der Waals surface area contributed by atoms with Crippen molar-refractivity contribution < 1.29 is 23.2 Å². The van der Waals surface area contributed by atoms with Crippen LogP contribution < -0.4 is 22.9 Å². The molecule has 0 radical (unpaired) electrons. The molecular weight excluding hydrogens is 377 g/mol. The Hall–Kier alpha value is -1.33. The number of nitrogens with zero attached hydrogens (tertiary/aromatic N) is 2. The Bertz CT molecular complexity index is 771. The molecule has 12 heteroatoms. The van der Waals surface area contributed by atoms with Gasteiger partial charge >= 0.3 is 13.5 Å². The summed E-state index contributed by atoms with van der Waals surface area (Å²) in [5, 5.41) is 0. The van der Waals surface area contributed by atoms with Crippen LogP contribution in [0.15, 0.2) is 17.1 Å². The number of nitrogen functional groups attached to an aromatic ring is 1. The van der Waals surface area contributed by atoms with Gasteiger partial charge in [0.1, 0.15) is 23.9 Å². The van der Waals surface area contributed by atoms with Gasteiger partial charge < -0.3 is 26.8 Å². The molecular formula is C15H28N5O6P. The molecule has 0 aromatic carbocycles. The van der Waals surface area contributed by atoms with Gasteiger partial charge in [-0.1, -0.05) is 0 Å². The van der Waals surface area contributed by atoms with Crippen LogP contribution in [0, 0.1) is 0 Å². The Balaban J connectivity index is 2.24. The SMILES string of the molecule is CC(C)(N)CC1OC(n2ccc(N)nc2=O)CC1OP(=O)(O)OC(C)(C)N. The quantitative estimate of drug-likeness (QED) is 0.367. The summed E-state index contributed by atoms with van der Waals surface area (Å²) in [5.41, 5.74) is 14.6. The number of rotatable bonds is 7. The van der Waals surface area contributed by atoms with Crippen LogP contribution in [-0.2, 0) is 18.3 Å². The van der Waals surface area contributed by atoms with Crippen LogP contribution in [0.2, 0.25) is 0 Å². The van der Waals surface area contributed by atoms with Crippen molar-refractivity contribution in [1.82, 2.24) is 9.55 Å². The average molecular weight is 405 g/mol. The molecule has 1 aliphatic rings. The molecule has 1 aliphatic heterocycles. The van der Waals surface area contributed by atoms with Crippen molar-refractivity contribution in [1.29, 1.82) is 0 Å². The molecule has 1 fully saturated rings. The number of phosphoric ester groups is 1. The minimum absolute atomic E-state index is 0.0834. The summed E-state index contributed by atoms with van der Waals surface area (Å²) < 4.78 is 29.7. The van der Waals surface area contributed by atoms with Crippen molar-refractivity contribution in [2.45, 2.75) is 70.2 Å².